The van der Waals surface area contributed by atoms with Gasteiger partial charge in [-0.1, -0.05) is 320 Å². The van der Waals surface area contributed by atoms with E-state index in [1.807, 2.05) is 27.2 Å². The molecule has 0 aromatic rings. The minimum absolute atomic E-state index is 0.00719. The van der Waals surface area contributed by atoms with Crippen molar-refractivity contribution in [1.82, 2.24) is 5.32 Å². The van der Waals surface area contributed by atoms with E-state index in [2.05, 4.69) is 43.5 Å². The minimum atomic E-state index is -4.61. The molecule has 0 bridgehead atoms. The Morgan fingerprint density at radius 3 is 1.07 bits per heavy atom. The molecule has 0 aromatic heterocycles. The fourth-order valence-corrected chi connectivity index (χ4v) is 10.9. The van der Waals surface area contributed by atoms with Crippen LogP contribution >= 0.6 is 7.82 Å². The monoisotopic (exact) mass is 1090 g/mol. The molecule has 0 saturated carbocycles. The van der Waals surface area contributed by atoms with Crippen molar-refractivity contribution >= 4 is 13.7 Å². The van der Waals surface area contributed by atoms with Gasteiger partial charge in [-0.05, 0) is 44.9 Å². The number of phosphoric acid groups is 1. The third kappa shape index (κ3) is 60.4. The molecule has 0 heterocycles. The maximum absolute atomic E-state index is 13.0. The standard InChI is InChI=1S/C67H131N2O6P/c1-6-8-10-12-14-16-18-20-22-24-26-28-30-31-32-33-34-35-36-37-38-39-41-43-45-47-49-51-53-55-57-59-61-67(71)68-65(64-75-76(72,73)74-63-62-69(3,4)5)66(70)60-58-56-54-52-50-48-46-44-42-40-29-27-25-23-21-19-17-15-13-11-9-7-2/h42,44,50,52,58,60,65-66,70H,6-41,43,45-49,51,53-57,59,61-64H2,1-5H3,(H-,68,71,72,73)/b44-42+,52-50+,60-58+. The smallest absolute Gasteiger partial charge is 0.268 e. The predicted octanol–water partition coefficient (Wildman–Crippen LogP) is 20.3. The molecule has 2 N–H and O–H groups in total. The number of hydrogen-bond donors (Lipinski definition) is 2. The average molecular weight is 1090 g/mol. The quantitative estimate of drug-likeness (QED) is 0.0272. The van der Waals surface area contributed by atoms with E-state index in [1.165, 1.54) is 270 Å². The van der Waals surface area contributed by atoms with Gasteiger partial charge < -0.3 is 28.8 Å². The van der Waals surface area contributed by atoms with Crippen molar-refractivity contribution in [2.24, 2.45) is 0 Å². The number of nitrogens with zero attached hydrogens (tertiary/aromatic N) is 1. The van der Waals surface area contributed by atoms with Gasteiger partial charge >= 0.3 is 0 Å². The predicted molar refractivity (Wildman–Crippen MR) is 330 cm³/mol. The molecule has 0 rings (SSSR count). The number of phosphoric ester groups is 1. The lowest BCUT2D eigenvalue weighted by Crippen LogP contribution is -2.45. The second-order valence-electron chi connectivity index (χ2n) is 24.2. The number of likely N-dealkylation sites (N-methyl/N-ethyl adjacent to an activating group) is 1. The summed E-state index contributed by atoms with van der Waals surface area (Å²) in [7, 11) is 1.25. The van der Waals surface area contributed by atoms with E-state index in [4.69, 9.17) is 9.05 Å². The van der Waals surface area contributed by atoms with Gasteiger partial charge in [-0.25, -0.2) is 0 Å². The average Bonchev–Trinajstić information content (AvgIpc) is 3.38. The van der Waals surface area contributed by atoms with Gasteiger partial charge in [-0.15, -0.1) is 0 Å². The molecule has 0 fully saturated rings. The lowest BCUT2D eigenvalue weighted by Gasteiger charge is -2.29. The van der Waals surface area contributed by atoms with Gasteiger partial charge in [-0.3, -0.25) is 9.36 Å². The zero-order valence-corrected chi connectivity index (χ0v) is 52.4. The van der Waals surface area contributed by atoms with E-state index in [-0.39, 0.29) is 12.5 Å². The van der Waals surface area contributed by atoms with E-state index in [0.717, 1.165) is 44.9 Å². The second kappa shape index (κ2) is 58.4. The molecule has 0 saturated heterocycles. The van der Waals surface area contributed by atoms with Crippen LogP contribution in [0.1, 0.15) is 335 Å². The summed E-state index contributed by atoms with van der Waals surface area (Å²) in [6, 6.07) is -0.909. The van der Waals surface area contributed by atoms with Crippen molar-refractivity contribution in [3.8, 4) is 0 Å². The Kier molecular flexibility index (Phi) is 57.4. The molecule has 8 nitrogen and oxygen atoms in total. The highest BCUT2D eigenvalue weighted by Gasteiger charge is 2.23. The number of nitrogens with one attached hydrogen (secondary N) is 1. The fraction of sp³-hybridized carbons (Fsp3) is 0.896. The summed E-state index contributed by atoms with van der Waals surface area (Å²) in [5, 5.41) is 13.9. The lowest BCUT2D eigenvalue weighted by atomic mass is 10.0. The zero-order valence-electron chi connectivity index (χ0n) is 51.5. The van der Waals surface area contributed by atoms with Crippen LogP contribution in [0.15, 0.2) is 36.5 Å². The Bertz CT molecular complexity index is 1330. The third-order valence-electron chi connectivity index (χ3n) is 15.3. The topological polar surface area (TPSA) is 108 Å². The van der Waals surface area contributed by atoms with E-state index in [9.17, 15) is 19.4 Å². The second-order valence-corrected chi connectivity index (χ2v) is 25.6. The van der Waals surface area contributed by atoms with Crippen LogP contribution in [0.2, 0.25) is 0 Å². The summed E-state index contributed by atoms with van der Waals surface area (Å²) in [5.74, 6) is -0.204. The first kappa shape index (κ1) is 74.7. The molecule has 76 heavy (non-hydrogen) atoms. The maximum Gasteiger partial charge on any atom is 0.268 e. The Morgan fingerprint density at radius 2 is 0.737 bits per heavy atom. The number of rotatable bonds is 62. The van der Waals surface area contributed by atoms with Gasteiger partial charge in [-0.2, -0.15) is 0 Å². The third-order valence-corrected chi connectivity index (χ3v) is 16.3. The first-order chi connectivity index (χ1) is 37.0. The zero-order chi connectivity index (χ0) is 55.6. The van der Waals surface area contributed by atoms with Crippen LogP contribution in [0.5, 0.6) is 0 Å². The van der Waals surface area contributed by atoms with E-state index < -0.39 is 26.6 Å². The summed E-state index contributed by atoms with van der Waals surface area (Å²) in [6.45, 7) is 4.67. The van der Waals surface area contributed by atoms with E-state index >= 15 is 0 Å². The van der Waals surface area contributed by atoms with Gasteiger partial charge in [0.05, 0.1) is 39.9 Å². The molecule has 0 aliphatic heterocycles. The molecule has 9 heteroatoms. The SMILES string of the molecule is CCCCCCCCCCCCCC/C=C/CC/C=C/CC/C=C/C(O)C(COP(=O)([O-])OCC[N+](C)(C)C)NC(=O)CCCCCCCCCCCCCCCCCCCCCCCCCCCCCCCCCC. The molecule has 0 spiro atoms. The number of quaternary nitrogens is 1. The molecule has 0 aliphatic carbocycles. The number of carbonyl (C=O) groups excluding carboxylic acids is 1. The van der Waals surface area contributed by atoms with E-state index in [0.29, 0.717) is 17.4 Å². The Labute approximate surface area is 474 Å². The van der Waals surface area contributed by atoms with Crippen LogP contribution in [0, 0.1) is 0 Å². The van der Waals surface area contributed by atoms with Gasteiger partial charge in [0.1, 0.15) is 13.2 Å². The number of carbonyl (C=O) groups is 1. The summed E-state index contributed by atoms with van der Waals surface area (Å²) in [6.07, 6.45) is 77.0. The van der Waals surface area contributed by atoms with Crippen LogP contribution in [-0.2, 0) is 18.4 Å². The normalized spacial score (nSPS) is 13.9. The number of hydrogen-bond acceptors (Lipinski definition) is 6. The summed E-state index contributed by atoms with van der Waals surface area (Å²) < 4.78 is 23.4. The van der Waals surface area contributed by atoms with Crippen LogP contribution in [0.25, 0.3) is 0 Å². The lowest BCUT2D eigenvalue weighted by molar-refractivity contribution is -0.870. The number of unbranched alkanes of at least 4 members (excludes halogenated alkanes) is 45. The molecule has 0 aromatic carbocycles. The Hall–Kier alpha value is -1.28. The highest BCUT2D eigenvalue weighted by molar-refractivity contribution is 7.45. The van der Waals surface area contributed by atoms with Crippen molar-refractivity contribution in [2.75, 3.05) is 40.9 Å². The van der Waals surface area contributed by atoms with Gasteiger partial charge in [0, 0.05) is 6.42 Å². The molecular weight excluding hydrogens is 960 g/mol. The van der Waals surface area contributed by atoms with Crippen molar-refractivity contribution in [3.05, 3.63) is 36.5 Å². The molecular formula is C67H131N2O6P. The summed E-state index contributed by atoms with van der Waals surface area (Å²) >= 11 is 0. The molecule has 3 atom stereocenters. The molecule has 1 amide bonds. The molecule has 0 radical (unpaired) electrons. The maximum atomic E-state index is 13.0. The minimum Gasteiger partial charge on any atom is -0.756 e. The highest BCUT2D eigenvalue weighted by Crippen LogP contribution is 2.38. The van der Waals surface area contributed by atoms with Gasteiger partial charge in [0.2, 0.25) is 5.91 Å². The first-order valence-electron chi connectivity index (χ1n) is 33.4. The van der Waals surface area contributed by atoms with E-state index in [1.54, 1.807) is 6.08 Å². The van der Waals surface area contributed by atoms with Crippen molar-refractivity contribution in [2.45, 2.75) is 347 Å². The van der Waals surface area contributed by atoms with Crippen LogP contribution in [0.3, 0.4) is 0 Å². The number of aliphatic hydroxyl groups excluding tert-OH is 1. The number of allylic oxidation sites excluding steroid dienone is 5. The molecule has 450 valence electrons. The molecule has 3 unspecified atom stereocenters. The van der Waals surface area contributed by atoms with Gasteiger partial charge in [0.15, 0.2) is 0 Å². The molecule has 0 aliphatic rings. The Balaban J connectivity index is 4.08. The summed E-state index contributed by atoms with van der Waals surface area (Å²) in [4.78, 5) is 25.6. The first-order valence-corrected chi connectivity index (χ1v) is 34.8. The van der Waals surface area contributed by atoms with Crippen LogP contribution in [-0.4, -0.2) is 68.5 Å². The van der Waals surface area contributed by atoms with Crippen LogP contribution in [0.4, 0.5) is 0 Å². The van der Waals surface area contributed by atoms with Crippen LogP contribution < -0.4 is 10.2 Å². The van der Waals surface area contributed by atoms with Crippen molar-refractivity contribution < 1.29 is 32.9 Å². The Morgan fingerprint density at radius 1 is 0.447 bits per heavy atom. The van der Waals surface area contributed by atoms with Crippen molar-refractivity contribution in [3.63, 3.8) is 0 Å². The van der Waals surface area contributed by atoms with Crippen molar-refractivity contribution in [1.29, 1.82) is 0 Å². The number of aliphatic hydroxyl groups is 1. The fourth-order valence-electron chi connectivity index (χ4n) is 10.1. The van der Waals surface area contributed by atoms with Gasteiger partial charge in [0.25, 0.3) is 7.82 Å². The largest absolute Gasteiger partial charge is 0.756 e. The highest BCUT2D eigenvalue weighted by atomic mass is 31.2. The summed E-state index contributed by atoms with van der Waals surface area (Å²) in [5.41, 5.74) is 0. The number of amides is 1.